The number of amides is 1. The highest BCUT2D eigenvalue weighted by Crippen LogP contribution is 2.54. The van der Waals surface area contributed by atoms with E-state index in [4.69, 9.17) is 9.47 Å². The maximum atomic E-state index is 13.3. The minimum atomic E-state index is -1.02. The molecule has 0 bridgehead atoms. The molecule has 1 aromatic heterocycles. The third kappa shape index (κ3) is 4.12. The average Bonchev–Trinajstić information content (AvgIpc) is 3.58. The number of fused-ring (bicyclic) bond motifs is 4. The van der Waals surface area contributed by atoms with Crippen LogP contribution in [0.1, 0.15) is 35.4 Å². The molecule has 0 spiro atoms. The van der Waals surface area contributed by atoms with Gasteiger partial charge in [0.15, 0.2) is 0 Å². The van der Waals surface area contributed by atoms with Crippen LogP contribution in [0.2, 0.25) is 0 Å². The van der Waals surface area contributed by atoms with Gasteiger partial charge in [-0.1, -0.05) is 54.6 Å². The van der Waals surface area contributed by atoms with Gasteiger partial charge in [-0.05, 0) is 63.0 Å². The molecule has 2 heterocycles. The zero-order valence-electron chi connectivity index (χ0n) is 20.2. The Morgan fingerprint density at radius 2 is 1.73 bits per heavy atom. The molecule has 6 rings (SSSR count). The van der Waals surface area contributed by atoms with Gasteiger partial charge in [0.25, 0.3) is 0 Å². The Labute approximate surface area is 223 Å². The van der Waals surface area contributed by atoms with Crippen LogP contribution in [0.25, 0.3) is 11.1 Å². The fraction of sp³-hybridized carbons (Fsp3) is 0.345. The molecule has 8 heteroatoms. The summed E-state index contributed by atoms with van der Waals surface area (Å²) in [5.41, 5.74) is 4.75. The molecule has 7 nitrogen and oxygen atoms in total. The molecule has 2 aromatic carbocycles. The van der Waals surface area contributed by atoms with E-state index in [2.05, 4.69) is 45.2 Å². The smallest absolute Gasteiger partial charge is 0.409 e. The van der Waals surface area contributed by atoms with Gasteiger partial charge in [-0.25, -0.2) is 14.6 Å². The summed E-state index contributed by atoms with van der Waals surface area (Å²) < 4.78 is 12.7. The lowest BCUT2D eigenvalue weighted by Gasteiger charge is -2.36. The van der Waals surface area contributed by atoms with E-state index in [1.165, 1.54) is 22.3 Å². The molecule has 3 aromatic rings. The molecular weight excluding hydrogens is 536 g/mol. The van der Waals surface area contributed by atoms with Crippen molar-refractivity contribution in [2.45, 2.75) is 24.4 Å². The Morgan fingerprint density at radius 1 is 1.03 bits per heavy atom. The summed E-state index contributed by atoms with van der Waals surface area (Å²) in [6.45, 7) is 0.878. The van der Waals surface area contributed by atoms with Crippen molar-refractivity contribution in [2.24, 2.45) is 11.8 Å². The van der Waals surface area contributed by atoms with Crippen molar-refractivity contribution in [1.82, 2.24) is 9.88 Å². The van der Waals surface area contributed by atoms with Gasteiger partial charge in [-0.3, -0.25) is 0 Å². The van der Waals surface area contributed by atoms with Crippen LogP contribution in [0.15, 0.2) is 71.5 Å². The first kappa shape index (κ1) is 24.1. The number of carbonyl (C=O) groups is 2. The first-order valence-corrected chi connectivity index (χ1v) is 13.3. The number of likely N-dealkylation sites (tertiary alicyclic amines) is 1. The SMILES string of the molecule is O=C(O)COC1(c2cccnc2Br)CCC2CN(C(=O)OCC3c4ccccc4-c4ccccc43)CC21. The number of pyridine rings is 1. The number of rotatable bonds is 6. The summed E-state index contributed by atoms with van der Waals surface area (Å²) >= 11 is 3.53. The third-order valence-corrected chi connectivity index (χ3v) is 8.82. The van der Waals surface area contributed by atoms with Crippen LogP contribution in [0.5, 0.6) is 0 Å². The highest BCUT2D eigenvalue weighted by atomic mass is 79.9. The van der Waals surface area contributed by atoms with Crippen LogP contribution in [0, 0.1) is 11.8 Å². The lowest BCUT2D eigenvalue weighted by atomic mass is 9.82. The molecule has 1 amide bonds. The van der Waals surface area contributed by atoms with E-state index < -0.39 is 18.2 Å². The molecule has 1 saturated carbocycles. The minimum Gasteiger partial charge on any atom is -0.480 e. The zero-order chi connectivity index (χ0) is 25.6. The maximum Gasteiger partial charge on any atom is 0.409 e. The molecule has 0 radical (unpaired) electrons. The van der Waals surface area contributed by atoms with Crippen molar-refractivity contribution < 1.29 is 24.2 Å². The molecular formula is C29H27BrN2O5. The van der Waals surface area contributed by atoms with E-state index in [0.29, 0.717) is 24.1 Å². The van der Waals surface area contributed by atoms with Crippen LogP contribution in [-0.2, 0) is 19.9 Å². The number of benzene rings is 2. The minimum absolute atomic E-state index is 0.00259. The number of hydrogen-bond acceptors (Lipinski definition) is 5. The highest BCUT2D eigenvalue weighted by Gasteiger charge is 2.56. The number of hydrogen-bond donors (Lipinski definition) is 1. The Kier molecular flexibility index (Phi) is 6.24. The first-order valence-electron chi connectivity index (χ1n) is 12.5. The number of carboxylic acids is 1. The quantitative estimate of drug-likeness (QED) is 0.403. The van der Waals surface area contributed by atoms with Crippen molar-refractivity contribution in [2.75, 3.05) is 26.3 Å². The molecule has 190 valence electrons. The Bertz CT molecular complexity index is 1320. The molecule has 3 unspecified atom stereocenters. The molecule has 3 aliphatic rings. The summed E-state index contributed by atoms with van der Waals surface area (Å²) in [6, 6.07) is 20.3. The zero-order valence-corrected chi connectivity index (χ0v) is 21.8. The first-order chi connectivity index (χ1) is 18.0. The van der Waals surface area contributed by atoms with Crippen molar-refractivity contribution in [3.8, 4) is 11.1 Å². The van der Waals surface area contributed by atoms with Gasteiger partial charge in [-0.2, -0.15) is 0 Å². The summed E-state index contributed by atoms with van der Waals surface area (Å²) in [5.74, 6) is -0.869. The van der Waals surface area contributed by atoms with Gasteiger partial charge >= 0.3 is 12.1 Å². The molecule has 1 N–H and O–H groups in total. The van der Waals surface area contributed by atoms with Crippen LogP contribution in [0.3, 0.4) is 0 Å². The maximum absolute atomic E-state index is 13.3. The predicted molar refractivity (Wildman–Crippen MR) is 140 cm³/mol. The Morgan fingerprint density at radius 3 is 2.41 bits per heavy atom. The number of aromatic nitrogens is 1. The lowest BCUT2D eigenvalue weighted by molar-refractivity contribution is -0.154. The monoisotopic (exact) mass is 562 g/mol. The lowest BCUT2D eigenvalue weighted by Crippen LogP contribution is -2.40. The van der Waals surface area contributed by atoms with Gasteiger partial charge < -0.3 is 19.5 Å². The number of ether oxygens (including phenoxy) is 2. The van der Waals surface area contributed by atoms with E-state index in [9.17, 15) is 14.7 Å². The highest BCUT2D eigenvalue weighted by molar-refractivity contribution is 9.10. The number of carboxylic acid groups (broad SMARTS) is 1. The van der Waals surface area contributed by atoms with E-state index in [1.54, 1.807) is 11.1 Å². The van der Waals surface area contributed by atoms with Crippen molar-refractivity contribution in [1.29, 1.82) is 0 Å². The molecule has 1 aliphatic heterocycles. The summed E-state index contributed by atoms with van der Waals surface area (Å²) in [5, 5.41) is 9.36. The standard InChI is InChI=1S/C29H27BrN2O5/c30-27-24(10-5-13-31-27)29(37-17-26(33)34)12-11-18-14-32(15-25(18)29)28(35)36-16-23-21-8-3-1-6-19(21)20-7-2-4-9-22(20)23/h1-10,13,18,23,25H,11-12,14-17H2,(H,33,34). The average molecular weight is 563 g/mol. The van der Waals surface area contributed by atoms with E-state index in [1.807, 2.05) is 36.4 Å². The summed E-state index contributed by atoms with van der Waals surface area (Å²) in [6.07, 6.45) is 2.85. The van der Waals surface area contributed by atoms with E-state index >= 15 is 0 Å². The number of halogens is 1. The van der Waals surface area contributed by atoms with Crippen molar-refractivity contribution in [3.05, 3.63) is 88.2 Å². The molecule has 2 aliphatic carbocycles. The van der Waals surface area contributed by atoms with Gasteiger partial charge in [-0.15, -0.1) is 0 Å². The summed E-state index contributed by atoms with van der Waals surface area (Å²) in [7, 11) is 0. The van der Waals surface area contributed by atoms with Crippen molar-refractivity contribution in [3.63, 3.8) is 0 Å². The summed E-state index contributed by atoms with van der Waals surface area (Å²) in [4.78, 5) is 30.8. The number of aliphatic carboxylic acids is 1. The van der Waals surface area contributed by atoms with Gasteiger partial charge in [0, 0.05) is 36.7 Å². The number of nitrogens with zero attached hydrogens (tertiary/aromatic N) is 2. The molecule has 3 atom stereocenters. The fourth-order valence-electron chi connectivity index (χ4n) is 6.60. The predicted octanol–water partition coefficient (Wildman–Crippen LogP) is 5.43. The molecule has 2 fully saturated rings. The normalized spacial score (nSPS) is 24.0. The van der Waals surface area contributed by atoms with Crippen LogP contribution in [-0.4, -0.2) is 53.4 Å². The second-order valence-electron chi connectivity index (χ2n) is 10.0. The van der Waals surface area contributed by atoms with Crippen LogP contribution < -0.4 is 0 Å². The van der Waals surface area contributed by atoms with Gasteiger partial charge in [0.2, 0.25) is 0 Å². The van der Waals surface area contributed by atoms with Crippen molar-refractivity contribution >= 4 is 28.0 Å². The third-order valence-electron chi connectivity index (χ3n) is 8.19. The number of carbonyl (C=O) groups excluding carboxylic acids is 1. The molecule has 37 heavy (non-hydrogen) atoms. The van der Waals surface area contributed by atoms with Crippen LogP contribution >= 0.6 is 15.9 Å². The van der Waals surface area contributed by atoms with E-state index in [-0.39, 0.29) is 30.5 Å². The van der Waals surface area contributed by atoms with Gasteiger partial charge in [0.1, 0.15) is 23.4 Å². The van der Waals surface area contributed by atoms with Gasteiger partial charge in [0.05, 0.1) is 0 Å². The Balaban J connectivity index is 1.20. The largest absolute Gasteiger partial charge is 0.480 e. The second-order valence-corrected chi connectivity index (χ2v) is 10.8. The fourth-order valence-corrected chi connectivity index (χ4v) is 7.18. The Hall–Kier alpha value is -3.23. The second kappa shape index (κ2) is 9.58. The topological polar surface area (TPSA) is 89.0 Å². The molecule has 1 saturated heterocycles. The van der Waals surface area contributed by atoms with E-state index in [0.717, 1.165) is 12.0 Å². The van der Waals surface area contributed by atoms with Crippen LogP contribution in [0.4, 0.5) is 4.79 Å².